The lowest BCUT2D eigenvalue weighted by Crippen LogP contribution is -2.47. The largest absolute Gasteiger partial charge is 0.480 e. The summed E-state index contributed by atoms with van der Waals surface area (Å²) in [4.78, 5) is 28.7. The minimum Gasteiger partial charge on any atom is -0.480 e. The number of hydrogen-bond donors (Lipinski definition) is 1. The molecule has 0 bridgehead atoms. The molecule has 0 aromatic heterocycles. The summed E-state index contributed by atoms with van der Waals surface area (Å²) in [7, 11) is 3.88. The molecule has 1 amide bonds. The highest BCUT2D eigenvalue weighted by atomic mass is 16.4. The molecule has 1 heterocycles. The Balaban J connectivity index is 2.49. The Morgan fingerprint density at radius 2 is 1.95 bits per heavy atom. The molecule has 0 spiro atoms. The first-order valence-electron chi connectivity index (χ1n) is 7.25. The average Bonchev–Trinajstić information content (AvgIpc) is 2.35. The molecule has 1 saturated heterocycles. The molecule has 116 valence electrons. The van der Waals surface area contributed by atoms with Crippen molar-refractivity contribution in [2.75, 3.05) is 53.4 Å². The fourth-order valence-corrected chi connectivity index (χ4v) is 2.45. The van der Waals surface area contributed by atoms with E-state index in [-0.39, 0.29) is 19.0 Å². The Morgan fingerprint density at radius 1 is 1.25 bits per heavy atom. The molecule has 1 fully saturated rings. The summed E-state index contributed by atoms with van der Waals surface area (Å²) in [5, 5.41) is 8.93. The van der Waals surface area contributed by atoms with Crippen LogP contribution in [-0.4, -0.2) is 85.0 Å². The van der Waals surface area contributed by atoms with E-state index in [1.807, 2.05) is 23.9 Å². The van der Waals surface area contributed by atoms with Gasteiger partial charge in [0.25, 0.3) is 0 Å². The first-order chi connectivity index (χ1) is 9.38. The van der Waals surface area contributed by atoms with Crippen molar-refractivity contribution in [1.29, 1.82) is 0 Å². The Bertz CT molecular complexity index is 334. The van der Waals surface area contributed by atoms with Gasteiger partial charge in [-0.1, -0.05) is 6.92 Å². The number of carbonyl (C=O) groups excluding carboxylic acids is 1. The average molecular weight is 285 g/mol. The molecule has 1 rings (SSSR count). The number of likely N-dealkylation sites (N-methyl/N-ethyl adjacent to an activating group) is 1. The zero-order valence-electron chi connectivity index (χ0n) is 12.8. The Morgan fingerprint density at radius 3 is 2.50 bits per heavy atom. The van der Waals surface area contributed by atoms with Crippen molar-refractivity contribution >= 4 is 11.9 Å². The fourth-order valence-electron chi connectivity index (χ4n) is 2.45. The third-order valence-corrected chi connectivity index (χ3v) is 3.59. The fraction of sp³-hybridized carbons (Fsp3) is 0.857. The molecule has 1 aliphatic heterocycles. The van der Waals surface area contributed by atoms with E-state index >= 15 is 0 Å². The number of carbonyl (C=O) groups is 2. The molecule has 1 N–H and O–H groups in total. The number of hydrogen-bond acceptors (Lipinski definition) is 4. The van der Waals surface area contributed by atoms with Crippen LogP contribution >= 0.6 is 0 Å². The zero-order valence-corrected chi connectivity index (χ0v) is 12.8. The van der Waals surface area contributed by atoms with Crippen LogP contribution in [-0.2, 0) is 9.59 Å². The molecular formula is C14H27N3O3. The van der Waals surface area contributed by atoms with E-state index in [0.717, 1.165) is 26.1 Å². The molecule has 6 nitrogen and oxygen atoms in total. The standard InChI is InChI=1S/C14H27N3O3/c1-12-5-4-6-17(9-12)13(18)10-16(11-14(19)20)8-7-15(2)3/h12H,4-11H2,1-3H3,(H,19,20). The van der Waals surface area contributed by atoms with Crippen molar-refractivity contribution in [3.05, 3.63) is 0 Å². The molecule has 0 saturated carbocycles. The van der Waals surface area contributed by atoms with Crippen molar-refractivity contribution in [2.24, 2.45) is 5.92 Å². The predicted octanol–water partition coefficient (Wildman–Crippen LogP) is 0.193. The van der Waals surface area contributed by atoms with Crippen molar-refractivity contribution in [3.63, 3.8) is 0 Å². The summed E-state index contributed by atoms with van der Waals surface area (Å²) in [5.74, 6) is -0.289. The second-order valence-corrected chi connectivity index (χ2v) is 5.99. The lowest BCUT2D eigenvalue weighted by molar-refractivity contribution is -0.140. The summed E-state index contributed by atoms with van der Waals surface area (Å²) in [6, 6.07) is 0. The summed E-state index contributed by atoms with van der Waals surface area (Å²) in [6.45, 7) is 5.22. The molecule has 0 aromatic rings. The van der Waals surface area contributed by atoms with Gasteiger partial charge in [0.05, 0.1) is 13.1 Å². The highest BCUT2D eigenvalue weighted by molar-refractivity contribution is 5.79. The van der Waals surface area contributed by atoms with Crippen LogP contribution in [0.25, 0.3) is 0 Å². The summed E-state index contributed by atoms with van der Waals surface area (Å²) < 4.78 is 0. The van der Waals surface area contributed by atoms with Gasteiger partial charge in [0, 0.05) is 26.2 Å². The van der Waals surface area contributed by atoms with Crippen molar-refractivity contribution in [2.45, 2.75) is 19.8 Å². The van der Waals surface area contributed by atoms with Crippen LogP contribution in [0.2, 0.25) is 0 Å². The maximum absolute atomic E-state index is 12.3. The van der Waals surface area contributed by atoms with E-state index in [4.69, 9.17) is 5.11 Å². The smallest absolute Gasteiger partial charge is 0.317 e. The molecule has 20 heavy (non-hydrogen) atoms. The van der Waals surface area contributed by atoms with Crippen LogP contribution in [0.1, 0.15) is 19.8 Å². The monoisotopic (exact) mass is 285 g/mol. The second-order valence-electron chi connectivity index (χ2n) is 5.99. The van der Waals surface area contributed by atoms with Gasteiger partial charge >= 0.3 is 5.97 Å². The van der Waals surface area contributed by atoms with Gasteiger partial charge in [0.1, 0.15) is 0 Å². The first kappa shape index (κ1) is 16.9. The number of likely N-dealkylation sites (tertiary alicyclic amines) is 1. The number of piperidine rings is 1. The number of carboxylic acid groups (broad SMARTS) is 1. The summed E-state index contributed by atoms with van der Waals surface area (Å²) in [6.07, 6.45) is 2.22. The van der Waals surface area contributed by atoms with E-state index in [0.29, 0.717) is 12.5 Å². The zero-order chi connectivity index (χ0) is 15.1. The Kier molecular flexibility index (Phi) is 6.95. The van der Waals surface area contributed by atoms with Crippen molar-refractivity contribution in [1.82, 2.24) is 14.7 Å². The van der Waals surface area contributed by atoms with Crippen LogP contribution in [0, 0.1) is 5.92 Å². The highest BCUT2D eigenvalue weighted by Gasteiger charge is 2.23. The molecule has 0 radical (unpaired) electrons. The van der Waals surface area contributed by atoms with Gasteiger partial charge in [-0.15, -0.1) is 0 Å². The van der Waals surface area contributed by atoms with Gasteiger partial charge in [-0.3, -0.25) is 14.5 Å². The van der Waals surface area contributed by atoms with E-state index in [1.54, 1.807) is 4.90 Å². The lowest BCUT2D eigenvalue weighted by Gasteiger charge is -2.32. The number of amides is 1. The minimum atomic E-state index is -0.886. The quantitative estimate of drug-likeness (QED) is 0.723. The topological polar surface area (TPSA) is 64.1 Å². The normalized spacial score (nSPS) is 19.6. The van der Waals surface area contributed by atoms with Crippen LogP contribution in [0.15, 0.2) is 0 Å². The van der Waals surface area contributed by atoms with Gasteiger partial charge in [-0.25, -0.2) is 0 Å². The number of rotatable bonds is 7. The third kappa shape index (κ3) is 6.34. The van der Waals surface area contributed by atoms with E-state index < -0.39 is 5.97 Å². The van der Waals surface area contributed by atoms with Gasteiger partial charge in [-0.05, 0) is 32.9 Å². The van der Waals surface area contributed by atoms with Gasteiger partial charge in [-0.2, -0.15) is 0 Å². The number of carboxylic acids is 1. The third-order valence-electron chi connectivity index (χ3n) is 3.59. The first-order valence-corrected chi connectivity index (χ1v) is 7.25. The summed E-state index contributed by atoms with van der Waals surface area (Å²) in [5.41, 5.74) is 0. The Labute approximate surface area is 121 Å². The highest BCUT2D eigenvalue weighted by Crippen LogP contribution is 2.15. The van der Waals surface area contributed by atoms with Crippen LogP contribution in [0.4, 0.5) is 0 Å². The second kappa shape index (κ2) is 8.21. The van der Waals surface area contributed by atoms with E-state index in [9.17, 15) is 9.59 Å². The van der Waals surface area contributed by atoms with Gasteiger partial charge in [0.2, 0.25) is 5.91 Å². The minimum absolute atomic E-state index is 0.0524. The maximum Gasteiger partial charge on any atom is 0.317 e. The van der Waals surface area contributed by atoms with Crippen LogP contribution in [0.5, 0.6) is 0 Å². The van der Waals surface area contributed by atoms with Crippen molar-refractivity contribution < 1.29 is 14.7 Å². The summed E-state index contributed by atoms with van der Waals surface area (Å²) >= 11 is 0. The van der Waals surface area contributed by atoms with Gasteiger partial charge in [0.15, 0.2) is 0 Å². The van der Waals surface area contributed by atoms with Crippen molar-refractivity contribution in [3.8, 4) is 0 Å². The molecular weight excluding hydrogens is 258 g/mol. The molecule has 1 atom stereocenters. The SMILES string of the molecule is CC1CCCN(C(=O)CN(CCN(C)C)CC(=O)O)C1. The molecule has 6 heteroatoms. The molecule has 0 aliphatic carbocycles. The molecule has 1 aliphatic rings. The van der Waals surface area contributed by atoms with Gasteiger partial charge < -0.3 is 14.9 Å². The Hall–Kier alpha value is -1.14. The number of aliphatic carboxylic acids is 1. The van der Waals surface area contributed by atoms with E-state index in [1.165, 1.54) is 6.42 Å². The number of nitrogens with zero attached hydrogens (tertiary/aromatic N) is 3. The van der Waals surface area contributed by atoms with E-state index in [2.05, 4.69) is 6.92 Å². The molecule has 1 unspecified atom stereocenters. The molecule has 0 aromatic carbocycles. The van der Waals surface area contributed by atoms with Crippen LogP contribution in [0.3, 0.4) is 0 Å². The predicted molar refractivity (Wildman–Crippen MR) is 77.6 cm³/mol. The lowest BCUT2D eigenvalue weighted by atomic mass is 10.0. The maximum atomic E-state index is 12.3. The van der Waals surface area contributed by atoms with Crippen LogP contribution < -0.4 is 0 Å².